The molecule has 1 aliphatic carbocycles. The molecule has 8 heteroatoms. The first-order valence-corrected chi connectivity index (χ1v) is 8.63. The fourth-order valence-electron chi connectivity index (χ4n) is 3.24. The number of rotatable bonds is 4. The summed E-state index contributed by atoms with van der Waals surface area (Å²) >= 11 is 1.19. The predicted molar refractivity (Wildman–Crippen MR) is 91.0 cm³/mol. The van der Waals surface area contributed by atoms with E-state index < -0.39 is 29.2 Å². The zero-order chi connectivity index (χ0) is 18.3. The van der Waals surface area contributed by atoms with E-state index in [1.807, 2.05) is 0 Å². The van der Waals surface area contributed by atoms with Gasteiger partial charge in [0.25, 0.3) is 5.91 Å². The van der Waals surface area contributed by atoms with Crippen molar-refractivity contribution >= 4 is 17.2 Å². The second-order valence-corrected chi connectivity index (χ2v) is 7.07. The van der Waals surface area contributed by atoms with E-state index in [-0.39, 0.29) is 0 Å². The van der Waals surface area contributed by atoms with Crippen LogP contribution in [-0.4, -0.2) is 26.8 Å². The molecule has 1 fully saturated rings. The maximum Gasteiger partial charge on any atom is 0.282 e. The molecule has 2 heterocycles. The van der Waals surface area contributed by atoms with E-state index in [4.69, 9.17) is 5.21 Å². The molecule has 4 rings (SSSR count). The van der Waals surface area contributed by atoms with Crippen LogP contribution in [0.5, 0.6) is 0 Å². The molecule has 3 aromatic rings. The third-order valence-electron chi connectivity index (χ3n) is 4.51. The van der Waals surface area contributed by atoms with E-state index >= 15 is 4.39 Å². The fraction of sp³-hybridized carbons (Fsp3) is 0.167. The molecule has 0 aliphatic heterocycles. The molecular weight excluding hydrogens is 360 g/mol. The number of hydrogen-bond acceptors (Lipinski definition) is 5. The Labute approximate surface area is 151 Å². The molecular formula is C18H13F2N3O2S. The summed E-state index contributed by atoms with van der Waals surface area (Å²) in [7, 11) is 0. The zero-order valence-electron chi connectivity index (χ0n) is 13.3. The second-order valence-electron chi connectivity index (χ2n) is 6.00. The molecule has 0 unspecified atom stereocenters. The number of alkyl halides is 1. The van der Waals surface area contributed by atoms with Crippen molar-refractivity contribution in [2.45, 2.75) is 17.5 Å². The maximum atomic E-state index is 15.4. The average Bonchev–Trinajstić information content (AvgIpc) is 3.04. The molecule has 2 aromatic heterocycles. The lowest BCUT2D eigenvalue weighted by Gasteiger charge is -2.05. The largest absolute Gasteiger partial charge is 0.289 e. The number of nitrogens with zero attached hydrogens (tertiary/aromatic N) is 2. The number of carbonyl (C=O) groups is 1. The minimum atomic E-state index is -2.25. The van der Waals surface area contributed by atoms with Crippen LogP contribution < -0.4 is 5.48 Å². The van der Waals surface area contributed by atoms with Crippen LogP contribution in [0.3, 0.4) is 0 Å². The third kappa shape index (κ3) is 2.58. The molecule has 0 saturated heterocycles. The van der Waals surface area contributed by atoms with Gasteiger partial charge in [0.2, 0.25) is 5.67 Å². The first-order valence-electron chi connectivity index (χ1n) is 7.81. The molecule has 0 radical (unpaired) electrons. The number of amides is 1. The lowest BCUT2D eigenvalue weighted by atomic mass is 10.1. The molecule has 1 aliphatic rings. The number of halogens is 2. The first-order chi connectivity index (χ1) is 12.6. The van der Waals surface area contributed by atoms with Crippen molar-refractivity contribution in [3.8, 4) is 10.7 Å². The van der Waals surface area contributed by atoms with Crippen LogP contribution in [0.4, 0.5) is 8.78 Å². The molecule has 26 heavy (non-hydrogen) atoms. The van der Waals surface area contributed by atoms with Crippen molar-refractivity contribution in [2.75, 3.05) is 0 Å². The normalized spacial score (nSPS) is 24.3. The van der Waals surface area contributed by atoms with E-state index in [1.165, 1.54) is 35.1 Å². The number of nitrogens with one attached hydrogen (secondary N) is 1. The van der Waals surface area contributed by atoms with E-state index in [9.17, 15) is 9.18 Å². The average molecular weight is 373 g/mol. The molecule has 0 spiro atoms. The maximum absolute atomic E-state index is 15.4. The van der Waals surface area contributed by atoms with Crippen molar-refractivity contribution in [1.29, 1.82) is 0 Å². The van der Waals surface area contributed by atoms with Crippen LogP contribution in [-0.2, 0) is 4.79 Å². The van der Waals surface area contributed by atoms with Crippen LogP contribution >= 0.6 is 11.3 Å². The van der Waals surface area contributed by atoms with Gasteiger partial charge < -0.3 is 0 Å². The molecule has 3 atom stereocenters. The van der Waals surface area contributed by atoms with Crippen LogP contribution in [0.15, 0.2) is 54.9 Å². The highest BCUT2D eigenvalue weighted by atomic mass is 32.1. The van der Waals surface area contributed by atoms with Gasteiger partial charge in [0.1, 0.15) is 10.8 Å². The standard InChI is InChI=1S/C18H13F2N3O2S/c19-11-6-7-12(21-8-11)16-22-9-13(26-16)15-14(10-4-2-1-3-5-10)18(15,20)17(24)23-25/h1-9,14-15,25H,(H,23,24)/t14-,15-,18+/m1/s1. The van der Waals surface area contributed by atoms with Crippen LogP contribution in [0.2, 0.25) is 0 Å². The highest BCUT2D eigenvalue weighted by molar-refractivity contribution is 7.15. The van der Waals surface area contributed by atoms with Gasteiger partial charge in [0.15, 0.2) is 0 Å². The Bertz CT molecular complexity index is 949. The summed E-state index contributed by atoms with van der Waals surface area (Å²) in [5.74, 6) is -3.01. The van der Waals surface area contributed by atoms with Gasteiger partial charge in [0.05, 0.1) is 11.9 Å². The number of hydroxylamine groups is 1. The fourth-order valence-corrected chi connectivity index (χ4v) is 4.34. The molecule has 1 aromatic carbocycles. The van der Waals surface area contributed by atoms with Gasteiger partial charge in [-0.05, 0) is 17.7 Å². The molecule has 132 valence electrons. The monoisotopic (exact) mass is 373 g/mol. The smallest absolute Gasteiger partial charge is 0.282 e. The van der Waals surface area contributed by atoms with E-state index in [0.717, 1.165) is 6.20 Å². The first kappa shape index (κ1) is 16.7. The summed E-state index contributed by atoms with van der Waals surface area (Å²) in [6.45, 7) is 0. The summed E-state index contributed by atoms with van der Waals surface area (Å²) in [5.41, 5.74) is 0.307. The van der Waals surface area contributed by atoms with Crippen LogP contribution in [0.1, 0.15) is 22.3 Å². The Morgan fingerprint density at radius 2 is 1.88 bits per heavy atom. The summed E-state index contributed by atoms with van der Waals surface area (Å²) in [5, 5.41) is 9.46. The zero-order valence-corrected chi connectivity index (χ0v) is 14.1. The van der Waals surface area contributed by atoms with Gasteiger partial charge in [-0.25, -0.2) is 19.2 Å². The summed E-state index contributed by atoms with van der Waals surface area (Å²) in [6, 6.07) is 11.6. The van der Waals surface area contributed by atoms with Gasteiger partial charge in [-0.2, -0.15) is 0 Å². The van der Waals surface area contributed by atoms with Crippen molar-refractivity contribution in [2.24, 2.45) is 0 Å². The van der Waals surface area contributed by atoms with Crippen LogP contribution in [0, 0.1) is 5.82 Å². The van der Waals surface area contributed by atoms with Crippen molar-refractivity contribution in [1.82, 2.24) is 15.4 Å². The van der Waals surface area contributed by atoms with Gasteiger partial charge in [0, 0.05) is 22.9 Å². The summed E-state index contributed by atoms with van der Waals surface area (Å²) in [6.07, 6.45) is 2.58. The van der Waals surface area contributed by atoms with Gasteiger partial charge in [-0.1, -0.05) is 30.3 Å². The quantitative estimate of drug-likeness (QED) is 0.543. The Morgan fingerprint density at radius 3 is 2.54 bits per heavy atom. The highest BCUT2D eigenvalue weighted by Gasteiger charge is 2.73. The van der Waals surface area contributed by atoms with E-state index in [2.05, 4.69) is 9.97 Å². The number of benzene rings is 1. The Morgan fingerprint density at radius 1 is 1.12 bits per heavy atom. The summed E-state index contributed by atoms with van der Waals surface area (Å²) in [4.78, 5) is 20.7. The third-order valence-corrected chi connectivity index (χ3v) is 5.62. The number of thiazole rings is 1. The minimum absolute atomic E-state index is 0.459. The highest BCUT2D eigenvalue weighted by Crippen LogP contribution is 2.67. The number of hydrogen-bond donors (Lipinski definition) is 2. The Balaban J connectivity index is 1.70. The number of carbonyl (C=O) groups excluding carboxylic acids is 1. The van der Waals surface area contributed by atoms with E-state index in [1.54, 1.807) is 30.3 Å². The molecule has 2 N–H and O–H groups in total. The predicted octanol–water partition coefficient (Wildman–Crippen LogP) is 3.44. The second kappa shape index (κ2) is 6.22. The molecule has 1 amide bonds. The van der Waals surface area contributed by atoms with Crippen molar-refractivity contribution < 1.29 is 18.8 Å². The number of aromatic nitrogens is 2. The Kier molecular flexibility index (Phi) is 4.01. The topological polar surface area (TPSA) is 75.1 Å². The number of pyridine rings is 1. The van der Waals surface area contributed by atoms with Gasteiger partial charge in [-0.3, -0.25) is 15.0 Å². The molecule has 5 nitrogen and oxygen atoms in total. The van der Waals surface area contributed by atoms with Gasteiger partial charge in [-0.15, -0.1) is 11.3 Å². The van der Waals surface area contributed by atoms with Crippen LogP contribution in [0.25, 0.3) is 10.7 Å². The van der Waals surface area contributed by atoms with Crippen molar-refractivity contribution in [3.63, 3.8) is 0 Å². The van der Waals surface area contributed by atoms with Crippen molar-refractivity contribution in [3.05, 3.63) is 71.1 Å². The summed E-state index contributed by atoms with van der Waals surface area (Å²) < 4.78 is 28.4. The molecule has 1 saturated carbocycles. The Hall–Kier alpha value is -2.71. The minimum Gasteiger partial charge on any atom is -0.289 e. The lowest BCUT2D eigenvalue weighted by molar-refractivity contribution is -0.136. The van der Waals surface area contributed by atoms with Gasteiger partial charge >= 0.3 is 0 Å². The molecule has 0 bridgehead atoms. The van der Waals surface area contributed by atoms with E-state index in [0.29, 0.717) is 21.1 Å². The lowest BCUT2D eigenvalue weighted by Crippen LogP contribution is -2.33. The SMILES string of the molecule is O=C(NO)[C@]1(F)[C@H](c2ccccc2)[C@H]1c1cnc(-c2ccc(F)cn2)s1.